The first kappa shape index (κ1) is 12.7. The van der Waals surface area contributed by atoms with Crippen LogP contribution in [0.25, 0.3) is 0 Å². The van der Waals surface area contributed by atoms with Crippen molar-refractivity contribution in [3.8, 4) is 0 Å². The van der Waals surface area contributed by atoms with Gasteiger partial charge in [-0.3, -0.25) is 4.79 Å². The zero-order valence-electron chi connectivity index (χ0n) is 10.7. The Morgan fingerprint density at radius 3 is 2.78 bits per heavy atom. The summed E-state index contributed by atoms with van der Waals surface area (Å²) in [7, 11) is 1.79. The Hall–Kier alpha value is -1.78. The first-order valence-corrected chi connectivity index (χ1v) is 6.45. The van der Waals surface area contributed by atoms with Gasteiger partial charge in [0.15, 0.2) is 0 Å². The number of nitrogens with two attached hydrogens (primary N) is 1. The van der Waals surface area contributed by atoms with Crippen LogP contribution in [0.15, 0.2) is 12.3 Å². The van der Waals surface area contributed by atoms with Gasteiger partial charge in [-0.1, -0.05) is 19.3 Å². The van der Waals surface area contributed by atoms with E-state index in [1.54, 1.807) is 19.3 Å². The van der Waals surface area contributed by atoms with Crippen LogP contribution in [0, 0.1) is 5.92 Å². The number of nitrogens with zero attached hydrogens (tertiary/aromatic N) is 1. The summed E-state index contributed by atoms with van der Waals surface area (Å²) in [6.07, 6.45) is 7.07. The van der Waals surface area contributed by atoms with Crippen molar-refractivity contribution >= 4 is 23.1 Å². The summed E-state index contributed by atoms with van der Waals surface area (Å²) < 4.78 is 0. The second-order valence-corrected chi connectivity index (χ2v) is 4.73. The lowest BCUT2D eigenvalue weighted by molar-refractivity contribution is -0.120. The third kappa shape index (κ3) is 2.91. The van der Waals surface area contributed by atoms with Crippen molar-refractivity contribution in [3.63, 3.8) is 0 Å². The number of nitrogen functional groups attached to an aromatic ring is 1. The van der Waals surface area contributed by atoms with Crippen LogP contribution in [0.2, 0.25) is 0 Å². The maximum Gasteiger partial charge on any atom is 0.228 e. The third-order valence-electron chi connectivity index (χ3n) is 3.43. The van der Waals surface area contributed by atoms with Crippen LogP contribution >= 0.6 is 0 Å². The van der Waals surface area contributed by atoms with Crippen molar-refractivity contribution in [1.29, 1.82) is 0 Å². The minimum Gasteiger partial charge on any atom is -0.396 e. The highest BCUT2D eigenvalue weighted by molar-refractivity contribution is 5.92. The summed E-state index contributed by atoms with van der Waals surface area (Å²) >= 11 is 0. The van der Waals surface area contributed by atoms with Crippen LogP contribution in [0.3, 0.4) is 0 Å². The van der Waals surface area contributed by atoms with E-state index < -0.39 is 0 Å². The molecule has 0 radical (unpaired) electrons. The van der Waals surface area contributed by atoms with E-state index in [0.29, 0.717) is 11.5 Å². The minimum absolute atomic E-state index is 0.0778. The molecule has 0 spiro atoms. The van der Waals surface area contributed by atoms with E-state index in [9.17, 15) is 4.79 Å². The second kappa shape index (κ2) is 5.71. The summed E-state index contributed by atoms with van der Waals surface area (Å²) in [5.74, 6) is 0.772. The van der Waals surface area contributed by atoms with Crippen molar-refractivity contribution < 1.29 is 4.79 Å². The van der Waals surface area contributed by atoms with Gasteiger partial charge in [0.2, 0.25) is 5.91 Å². The fourth-order valence-corrected chi connectivity index (χ4v) is 2.34. The van der Waals surface area contributed by atoms with Gasteiger partial charge in [0, 0.05) is 19.0 Å². The lowest BCUT2D eigenvalue weighted by atomic mass is 9.89. The molecule has 1 aromatic heterocycles. The van der Waals surface area contributed by atoms with Crippen molar-refractivity contribution in [1.82, 2.24) is 4.98 Å². The smallest absolute Gasteiger partial charge is 0.228 e. The SMILES string of the molecule is CNc1cc(NC(=O)C2CCCCC2)ncc1N. The van der Waals surface area contributed by atoms with Crippen LogP contribution in [-0.4, -0.2) is 17.9 Å². The number of hydrogen-bond donors (Lipinski definition) is 3. The molecule has 0 aromatic carbocycles. The molecule has 4 N–H and O–H groups in total. The molecule has 1 aliphatic rings. The van der Waals surface area contributed by atoms with Crippen molar-refractivity contribution in [2.45, 2.75) is 32.1 Å². The van der Waals surface area contributed by atoms with Gasteiger partial charge in [0.1, 0.15) is 5.82 Å². The summed E-state index contributed by atoms with van der Waals surface area (Å²) in [4.78, 5) is 16.2. The van der Waals surface area contributed by atoms with E-state index in [4.69, 9.17) is 5.73 Å². The van der Waals surface area contributed by atoms with E-state index in [2.05, 4.69) is 15.6 Å². The molecule has 1 fully saturated rings. The van der Waals surface area contributed by atoms with Crippen molar-refractivity contribution in [2.24, 2.45) is 5.92 Å². The number of nitrogens with one attached hydrogen (secondary N) is 2. The molecule has 0 atom stereocenters. The Kier molecular flexibility index (Phi) is 4.02. The highest BCUT2D eigenvalue weighted by atomic mass is 16.1. The standard InChI is InChI=1S/C13H20N4O/c1-15-11-7-12(16-8-10(11)14)17-13(18)9-5-3-2-4-6-9/h7-9H,2-6,14H2,1H3,(H2,15,16,17,18). The van der Waals surface area contributed by atoms with E-state index >= 15 is 0 Å². The van der Waals surface area contributed by atoms with Gasteiger partial charge >= 0.3 is 0 Å². The lowest BCUT2D eigenvalue weighted by Gasteiger charge is -2.20. The molecule has 1 aromatic rings. The molecule has 18 heavy (non-hydrogen) atoms. The minimum atomic E-state index is 0.0778. The lowest BCUT2D eigenvalue weighted by Crippen LogP contribution is -2.25. The maximum atomic E-state index is 12.0. The van der Waals surface area contributed by atoms with Crippen molar-refractivity contribution in [2.75, 3.05) is 23.4 Å². The quantitative estimate of drug-likeness (QED) is 0.766. The molecule has 1 amide bonds. The first-order chi connectivity index (χ1) is 8.70. The average Bonchev–Trinajstić information content (AvgIpc) is 2.42. The molecule has 5 nitrogen and oxygen atoms in total. The molecule has 2 rings (SSSR count). The van der Waals surface area contributed by atoms with Crippen LogP contribution in [0.5, 0.6) is 0 Å². The summed E-state index contributed by atoms with van der Waals surface area (Å²) in [6, 6.07) is 1.76. The van der Waals surface area contributed by atoms with Gasteiger partial charge in [-0.2, -0.15) is 0 Å². The number of amides is 1. The van der Waals surface area contributed by atoms with Crippen LogP contribution in [0.4, 0.5) is 17.2 Å². The first-order valence-electron chi connectivity index (χ1n) is 6.45. The Morgan fingerprint density at radius 1 is 1.39 bits per heavy atom. The van der Waals surface area contributed by atoms with Gasteiger partial charge in [0.05, 0.1) is 17.6 Å². The van der Waals surface area contributed by atoms with Gasteiger partial charge < -0.3 is 16.4 Å². The van der Waals surface area contributed by atoms with E-state index in [1.807, 2.05) is 0 Å². The molecule has 0 saturated heterocycles. The molecule has 5 heteroatoms. The molecule has 98 valence electrons. The molecular formula is C13H20N4O. The Bertz CT molecular complexity index is 427. The molecule has 1 saturated carbocycles. The van der Waals surface area contributed by atoms with Crippen LogP contribution in [0.1, 0.15) is 32.1 Å². The average molecular weight is 248 g/mol. The Morgan fingerprint density at radius 2 is 2.11 bits per heavy atom. The Labute approximate surface area is 107 Å². The highest BCUT2D eigenvalue weighted by Gasteiger charge is 2.21. The molecule has 1 aliphatic carbocycles. The zero-order valence-corrected chi connectivity index (χ0v) is 10.7. The highest BCUT2D eigenvalue weighted by Crippen LogP contribution is 2.25. The van der Waals surface area contributed by atoms with Crippen molar-refractivity contribution in [3.05, 3.63) is 12.3 Å². The number of aromatic nitrogens is 1. The fraction of sp³-hybridized carbons (Fsp3) is 0.538. The summed E-state index contributed by atoms with van der Waals surface area (Å²) in [5.41, 5.74) is 7.09. The number of pyridine rings is 1. The number of anilines is 3. The monoisotopic (exact) mass is 248 g/mol. The molecular weight excluding hydrogens is 228 g/mol. The number of carbonyl (C=O) groups excluding carboxylic acids is 1. The largest absolute Gasteiger partial charge is 0.396 e. The van der Waals surface area contributed by atoms with Crippen LogP contribution < -0.4 is 16.4 Å². The fourth-order valence-electron chi connectivity index (χ4n) is 2.34. The predicted molar refractivity (Wildman–Crippen MR) is 73.4 cm³/mol. The van der Waals surface area contributed by atoms with Gasteiger partial charge in [0.25, 0.3) is 0 Å². The Balaban J connectivity index is 2.02. The van der Waals surface area contributed by atoms with Gasteiger partial charge in [-0.15, -0.1) is 0 Å². The molecule has 1 heterocycles. The number of carbonyl (C=O) groups is 1. The molecule has 0 unspecified atom stereocenters. The van der Waals surface area contributed by atoms with Gasteiger partial charge in [-0.05, 0) is 12.8 Å². The van der Waals surface area contributed by atoms with Crippen LogP contribution in [-0.2, 0) is 4.79 Å². The van der Waals surface area contributed by atoms with Gasteiger partial charge in [-0.25, -0.2) is 4.98 Å². The summed E-state index contributed by atoms with van der Waals surface area (Å²) in [6.45, 7) is 0. The maximum absolute atomic E-state index is 12.0. The normalized spacial score (nSPS) is 16.3. The molecule has 0 bridgehead atoms. The summed E-state index contributed by atoms with van der Waals surface area (Å²) in [5, 5.41) is 5.84. The molecule has 0 aliphatic heterocycles. The second-order valence-electron chi connectivity index (χ2n) is 4.73. The predicted octanol–water partition coefficient (Wildman–Crippen LogP) is 2.22. The third-order valence-corrected chi connectivity index (χ3v) is 3.43. The van der Waals surface area contributed by atoms with E-state index in [1.165, 1.54) is 6.42 Å². The number of rotatable bonds is 3. The van der Waals surface area contributed by atoms with E-state index in [0.717, 1.165) is 31.4 Å². The zero-order chi connectivity index (χ0) is 13.0. The number of hydrogen-bond acceptors (Lipinski definition) is 4. The topological polar surface area (TPSA) is 80.0 Å². The van der Waals surface area contributed by atoms with E-state index in [-0.39, 0.29) is 11.8 Å².